The molecular weight excluding hydrogens is 471 g/mol. The van der Waals surface area contributed by atoms with E-state index in [-0.39, 0.29) is 12.2 Å². The summed E-state index contributed by atoms with van der Waals surface area (Å²) in [6.45, 7) is 0.228. The van der Waals surface area contributed by atoms with E-state index in [0.29, 0.717) is 37.8 Å². The Morgan fingerprint density at radius 1 is 1.00 bits per heavy atom. The Kier molecular flexibility index (Phi) is 8.02. The second-order valence-corrected chi connectivity index (χ2v) is 7.76. The summed E-state index contributed by atoms with van der Waals surface area (Å²) in [5.74, 6) is 0.372. The van der Waals surface area contributed by atoms with Gasteiger partial charge in [-0.05, 0) is 48.0 Å². The molecule has 5 nitrogen and oxygen atoms in total. The van der Waals surface area contributed by atoms with E-state index in [2.05, 4.69) is 5.32 Å². The van der Waals surface area contributed by atoms with E-state index in [1.807, 2.05) is 24.3 Å². The van der Waals surface area contributed by atoms with E-state index in [1.54, 1.807) is 36.4 Å². The fraction of sp³-hybridized carbons (Fsp3) is 0.0833. The molecule has 3 aromatic carbocycles. The number of hydrogen-bond acceptors (Lipinski definition) is 4. The molecule has 1 amide bonds. The van der Waals surface area contributed by atoms with Gasteiger partial charge in [0.2, 0.25) is 0 Å². The van der Waals surface area contributed by atoms with E-state index < -0.39 is 5.91 Å². The number of nitrogens with zero attached hydrogens (tertiary/aromatic N) is 1. The van der Waals surface area contributed by atoms with Crippen molar-refractivity contribution in [1.29, 1.82) is 5.26 Å². The summed E-state index contributed by atoms with van der Waals surface area (Å²) in [6, 6.07) is 19.0. The van der Waals surface area contributed by atoms with Crippen LogP contribution in [-0.2, 0) is 11.4 Å². The highest BCUT2D eigenvalue weighted by atomic mass is 35.5. The van der Waals surface area contributed by atoms with Crippen molar-refractivity contribution in [3.63, 3.8) is 0 Å². The Morgan fingerprint density at radius 2 is 1.78 bits per heavy atom. The number of rotatable bonds is 7. The molecule has 0 spiro atoms. The average molecular weight is 488 g/mol. The van der Waals surface area contributed by atoms with Crippen molar-refractivity contribution in [3.8, 4) is 17.6 Å². The number of methoxy groups -OCH3 is 1. The lowest BCUT2D eigenvalue weighted by atomic mass is 10.1. The van der Waals surface area contributed by atoms with Crippen LogP contribution >= 0.6 is 34.8 Å². The molecule has 0 unspecified atom stereocenters. The molecular formula is C24H17Cl3N2O3. The predicted octanol–water partition coefficient (Wildman–Crippen LogP) is 6.78. The zero-order chi connectivity index (χ0) is 23.1. The number of hydrogen-bond donors (Lipinski definition) is 1. The van der Waals surface area contributed by atoms with E-state index >= 15 is 0 Å². The van der Waals surface area contributed by atoms with Gasteiger partial charge in [-0.25, -0.2) is 0 Å². The number of carbonyl (C=O) groups is 1. The number of benzene rings is 3. The minimum absolute atomic E-state index is 0.0988. The fourth-order valence-electron chi connectivity index (χ4n) is 2.75. The van der Waals surface area contributed by atoms with Gasteiger partial charge in [0.15, 0.2) is 11.5 Å². The van der Waals surface area contributed by atoms with Crippen molar-refractivity contribution in [2.45, 2.75) is 6.61 Å². The molecule has 0 aliphatic carbocycles. The van der Waals surface area contributed by atoms with Crippen LogP contribution in [0.2, 0.25) is 15.1 Å². The normalized spacial score (nSPS) is 10.9. The minimum atomic E-state index is -0.583. The largest absolute Gasteiger partial charge is 0.493 e. The van der Waals surface area contributed by atoms with Gasteiger partial charge in [-0.3, -0.25) is 4.79 Å². The number of halogens is 3. The van der Waals surface area contributed by atoms with Crippen LogP contribution in [0, 0.1) is 11.3 Å². The monoisotopic (exact) mass is 486 g/mol. The molecule has 0 aliphatic rings. The molecule has 0 saturated heterocycles. The molecule has 8 heteroatoms. The second kappa shape index (κ2) is 10.9. The third-order valence-electron chi connectivity index (χ3n) is 4.38. The first-order valence-corrected chi connectivity index (χ1v) is 10.5. The maximum absolute atomic E-state index is 12.6. The number of carbonyl (C=O) groups excluding carboxylic acids is 1. The number of nitrogens with one attached hydrogen (secondary N) is 1. The summed E-state index contributed by atoms with van der Waals surface area (Å²) < 4.78 is 11.2. The van der Waals surface area contributed by atoms with Gasteiger partial charge in [0.25, 0.3) is 5.91 Å². The highest BCUT2D eigenvalue weighted by Gasteiger charge is 2.12. The molecule has 0 radical (unpaired) electrons. The predicted molar refractivity (Wildman–Crippen MR) is 127 cm³/mol. The molecule has 3 rings (SSSR count). The lowest BCUT2D eigenvalue weighted by Crippen LogP contribution is -2.13. The summed E-state index contributed by atoms with van der Waals surface area (Å²) in [5, 5.41) is 13.4. The fourth-order valence-corrected chi connectivity index (χ4v) is 3.24. The molecule has 162 valence electrons. The molecule has 0 atom stereocenters. The van der Waals surface area contributed by atoms with E-state index in [0.717, 1.165) is 5.56 Å². The smallest absolute Gasteiger partial charge is 0.266 e. The van der Waals surface area contributed by atoms with Crippen molar-refractivity contribution < 1.29 is 14.3 Å². The first-order valence-electron chi connectivity index (χ1n) is 9.33. The number of ether oxygens (including phenoxy) is 2. The van der Waals surface area contributed by atoms with Crippen LogP contribution in [0.5, 0.6) is 11.5 Å². The maximum atomic E-state index is 12.6. The van der Waals surface area contributed by atoms with Crippen LogP contribution < -0.4 is 14.8 Å². The van der Waals surface area contributed by atoms with E-state index in [4.69, 9.17) is 44.3 Å². The van der Waals surface area contributed by atoms with Gasteiger partial charge < -0.3 is 14.8 Å². The Hall–Kier alpha value is -3.17. The van der Waals surface area contributed by atoms with Gasteiger partial charge in [0, 0.05) is 16.3 Å². The van der Waals surface area contributed by atoms with Crippen LogP contribution in [-0.4, -0.2) is 13.0 Å². The molecule has 32 heavy (non-hydrogen) atoms. The van der Waals surface area contributed by atoms with Gasteiger partial charge in [-0.15, -0.1) is 0 Å². The van der Waals surface area contributed by atoms with Crippen molar-refractivity contribution in [2.24, 2.45) is 0 Å². The van der Waals surface area contributed by atoms with Crippen LogP contribution in [0.25, 0.3) is 6.08 Å². The van der Waals surface area contributed by atoms with E-state index in [9.17, 15) is 10.1 Å². The third-order valence-corrected chi connectivity index (χ3v) is 5.49. The topological polar surface area (TPSA) is 71.3 Å². The van der Waals surface area contributed by atoms with Crippen molar-refractivity contribution in [1.82, 2.24) is 0 Å². The summed E-state index contributed by atoms with van der Waals surface area (Å²) >= 11 is 18.0. The lowest BCUT2D eigenvalue weighted by molar-refractivity contribution is -0.112. The lowest BCUT2D eigenvalue weighted by Gasteiger charge is -2.12. The second-order valence-electron chi connectivity index (χ2n) is 6.54. The van der Waals surface area contributed by atoms with Gasteiger partial charge in [-0.2, -0.15) is 5.26 Å². The third kappa shape index (κ3) is 5.95. The Morgan fingerprint density at radius 3 is 2.47 bits per heavy atom. The SMILES string of the molecule is COc1ccc(/C=C(\C#N)C(=O)Nc2ccc(Cl)c(Cl)c2)cc1OCc1ccccc1Cl. The summed E-state index contributed by atoms with van der Waals surface area (Å²) in [7, 11) is 1.53. The Balaban J connectivity index is 1.81. The maximum Gasteiger partial charge on any atom is 0.266 e. The molecule has 3 aromatic rings. The number of amides is 1. The number of anilines is 1. The van der Waals surface area contributed by atoms with Crippen LogP contribution in [0.15, 0.2) is 66.2 Å². The minimum Gasteiger partial charge on any atom is -0.493 e. The van der Waals surface area contributed by atoms with Gasteiger partial charge in [0.1, 0.15) is 18.2 Å². The summed E-state index contributed by atoms with van der Waals surface area (Å²) in [5.41, 5.74) is 1.72. The first-order chi connectivity index (χ1) is 15.4. The van der Waals surface area contributed by atoms with Crippen LogP contribution in [0.4, 0.5) is 5.69 Å². The molecule has 0 aliphatic heterocycles. The standard InChI is InChI=1S/C24H17Cl3N2O3/c1-31-22-9-6-15(11-23(22)32-14-16-4-2-3-5-19(16)25)10-17(13-28)24(30)29-18-7-8-20(26)21(27)12-18/h2-12H,14H2,1H3,(H,29,30)/b17-10+. The quantitative estimate of drug-likeness (QED) is 0.294. The van der Waals surface area contributed by atoms with Crippen molar-refractivity contribution in [2.75, 3.05) is 12.4 Å². The van der Waals surface area contributed by atoms with Crippen molar-refractivity contribution in [3.05, 3.63) is 92.4 Å². The first kappa shape index (κ1) is 23.5. The molecule has 1 N–H and O–H groups in total. The highest BCUT2D eigenvalue weighted by Crippen LogP contribution is 2.31. The van der Waals surface area contributed by atoms with Gasteiger partial charge in [-0.1, -0.05) is 59.1 Å². The zero-order valence-corrected chi connectivity index (χ0v) is 19.1. The molecule has 0 fully saturated rings. The van der Waals surface area contributed by atoms with Gasteiger partial charge >= 0.3 is 0 Å². The highest BCUT2D eigenvalue weighted by molar-refractivity contribution is 6.42. The number of nitriles is 1. The Labute approximate surface area is 200 Å². The molecule has 0 bridgehead atoms. The summed E-state index contributed by atoms with van der Waals surface area (Å²) in [6.07, 6.45) is 1.45. The van der Waals surface area contributed by atoms with Gasteiger partial charge in [0.05, 0.1) is 17.2 Å². The zero-order valence-electron chi connectivity index (χ0n) is 16.9. The molecule has 0 aromatic heterocycles. The van der Waals surface area contributed by atoms with Crippen LogP contribution in [0.1, 0.15) is 11.1 Å². The summed E-state index contributed by atoms with van der Waals surface area (Å²) in [4.78, 5) is 12.6. The Bertz CT molecular complexity index is 1220. The average Bonchev–Trinajstić information content (AvgIpc) is 2.79. The molecule has 0 heterocycles. The van der Waals surface area contributed by atoms with Crippen LogP contribution in [0.3, 0.4) is 0 Å². The van der Waals surface area contributed by atoms with E-state index in [1.165, 1.54) is 19.3 Å². The molecule has 0 saturated carbocycles. The van der Waals surface area contributed by atoms with Crippen molar-refractivity contribution >= 4 is 52.5 Å².